The SMILES string of the molecule is CC(C)(C)c1ccc(C=NNC(=O)CSc2nc3sc4c(c3c(=O)n2-c2ccc(Cl)cc2)CCC4)cc1. The Balaban J connectivity index is 1.35. The molecule has 4 aromatic rings. The standard InChI is InChI=1S/C28H27ClN4O2S2/c1-28(2,3)18-9-7-17(8-10-18)15-30-32-23(34)16-36-27-31-25-24(21-5-4-6-22(21)37-25)26(35)33(27)20-13-11-19(29)12-14-20/h7-15H,4-6,16H2,1-3H3,(H,32,34). The number of amides is 1. The van der Waals surface area contributed by atoms with E-state index in [9.17, 15) is 9.59 Å². The summed E-state index contributed by atoms with van der Waals surface area (Å²) >= 11 is 8.88. The maximum absolute atomic E-state index is 13.7. The summed E-state index contributed by atoms with van der Waals surface area (Å²) in [5, 5.41) is 5.85. The molecule has 0 spiro atoms. The van der Waals surface area contributed by atoms with Crippen LogP contribution in [0, 0.1) is 0 Å². The van der Waals surface area contributed by atoms with Crippen molar-refractivity contribution >= 4 is 57.0 Å². The summed E-state index contributed by atoms with van der Waals surface area (Å²) in [6, 6.07) is 15.2. The molecule has 6 nitrogen and oxygen atoms in total. The van der Waals surface area contributed by atoms with Crippen LogP contribution in [0.3, 0.4) is 0 Å². The van der Waals surface area contributed by atoms with Crippen molar-refractivity contribution in [1.29, 1.82) is 0 Å². The van der Waals surface area contributed by atoms with Gasteiger partial charge in [-0.1, -0.05) is 68.4 Å². The van der Waals surface area contributed by atoms with E-state index in [1.807, 2.05) is 12.1 Å². The third-order valence-corrected chi connectivity index (χ3v) is 8.68. The van der Waals surface area contributed by atoms with Crippen LogP contribution in [0.2, 0.25) is 5.02 Å². The zero-order chi connectivity index (χ0) is 26.2. The monoisotopic (exact) mass is 550 g/mol. The number of halogens is 1. The topological polar surface area (TPSA) is 76.3 Å². The molecule has 1 N–H and O–H groups in total. The van der Waals surface area contributed by atoms with Gasteiger partial charge in [0.05, 0.1) is 23.0 Å². The third-order valence-electron chi connectivity index (χ3n) is 6.30. The third kappa shape index (κ3) is 5.51. The lowest BCUT2D eigenvalue weighted by Crippen LogP contribution is -2.24. The van der Waals surface area contributed by atoms with Gasteiger partial charge >= 0.3 is 0 Å². The van der Waals surface area contributed by atoms with Crippen molar-refractivity contribution in [1.82, 2.24) is 15.0 Å². The number of rotatable bonds is 6. The van der Waals surface area contributed by atoms with Gasteiger partial charge in [-0.3, -0.25) is 14.2 Å². The molecule has 0 saturated heterocycles. The number of thioether (sulfide) groups is 1. The van der Waals surface area contributed by atoms with Gasteiger partial charge in [0, 0.05) is 9.90 Å². The molecule has 190 valence electrons. The van der Waals surface area contributed by atoms with Gasteiger partial charge in [0.15, 0.2) is 5.16 Å². The Bertz CT molecular complexity index is 1550. The molecule has 0 aliphatic heterocycles. The van der Waals surface area contributed by atoms with Crippen LogP contribution >= 0.6 is 34.7 Å². The zero-order valence-corrected chi connectivity index (χ0v) is 23.3. The van der Waals surface area contributed by atoms with E-state index < -0.39 is 0 Å². The summed E-state index contributed by atoms with van der Waals surface area (Å²) < 4.78 is 1.59. The number of benzene rings is 2. The Morgan fingerprint density at radius 1 is 1.16 bits per heavy atom. The van der Waals surface area contributed by atoms with Crippen LogP contribution < -0.4 is 11.0 Å². The van der Waals surface area contributed by atoms with E-state index >= 15 is 0 Å². The van der Waals surface area contributed by atoms with Crippen LogP contribution in [0.1, 0.15) is 48.8 Å². The molecule has 0 unspecified atom stereocenters. The Morgan fingerprint density at radius 2 is 1.89 bits per heavy atom. The van der Waals surface area contributed by atoms with E-state index in [0.29, 0.717) is 21.3 Å². The Hall–Kier alpha value is -2.94. The smallest absolute Gasteiger partial charge is 0.267 e. The van der Waals surface area contributed by atoms with Crippen molar-refractivity contribution in [2.75, 3.05) is 5.75 Å². The van der Waals surface area contributed by atoms with E-state index in [1.165, 1.54) is 22.2 Å². The molecule has 2 aromatic carbocycles. The van der Waals surface area contributed by atoms with E-state index in [0.717, 1.165) is 35.2 Å². The Morgan fingerprint density at radius 3 is 2.59 bits per heavy atom. The molecule has 5 rings (SSSR count). The fourth-order valence-electron chi connectivity index (χ4n) is 4.35. The van der Waals surface area contributed by atoms with Gasteiger partial charge in [0.25, 0.3) is 11.5 Å². The summed E-state index contributed by atoms with van der Waals surface area (Å²) in [7, 11) is 0. The second kappa shape index (κ2) is 10.4. The summed E-state index contributed by atoms with van der Waals surface area (Å²) in [6.07, 6.45) is 4.57. The first-order valence-corrected chi connectivity index (χ1v) is 14.3. The Labute approximate surface area is 228 Å². The molecular weight excluding hydrogens is 524 g/mol. The molecule has 0 radical (unpaired) electrons. The van der Waals surface area contributed by atoms with Crippen molar-refractivity contribution in [3.63, 3.8) is 0 Å². The first kappa shape index (κ1) is 25.7. The molecule has 0 fully saturated rings. The van der Waals surface area contributed by atoms with Crippen molar-refractivity contribution in [3.8, 4) is 5.69 Å². The maximum atomic E-state index is 13.7. The van der Waals surface area contributed by atoms with Crippen molar-refractivity contribution in [2.24, 2.45) is 5.10 Å². The first-order valence-electron chi connectivity index (χ1n) is 12.1. The van der Waals surface area contributed by atoms with Crippen LogP contribution in [0.25, 0.3) is 15.9 Å². The van der Waals surface area contributed by atoms with Crippen LogP contribution in [0.5, 0.6) is 0 Å². The van der Waals surface area contributed by atoms with Crippen molar-refractivity contribution in [2.45, 2.75) is 50.6 Å². The largest absolute Gasteiger partial charge is 0.272 e. The molecule has 1 aliphatic carbocycles. The molecule has 2 aromatic heterocycles. The van der Waals surface area contributed by atoms with Crippen LogP contribution in [0.4, 0.5) is 0 Å². The average molecular weight is 551 g/mol. The molecule has 0 bridgehead atoms. The van der Waals surface area contributed by atoms with Gasteiger partial charge in [-0.2, -0.15) is 5.10 Å². The predicted molar refractivity (Wildman–Crippen MR) is 154 cm³/mol. The predicted octanol–water partition coefficient (Wildman–Crippen LogP) is 6.13. The molecule has 0 atom stereocenters. The van der Waals surface area contributed by atoms with Crippen LogP contribution in [-0.2, 0) is 23.1 Å². The molecule has 1 aliphatic rings. The molecule has 1 amide bonds. The van der Waals surface area contributed by atoms with E-state index in [-0.39, 0.29) is 22.6 Å². The second-order valence-electron chi connectivity index (χ2n) is 10.0. The number of carbonyl (C=O) groups excluding carboxylic acids is 1. The number of aromatic nitrogens is 2. The number of nitrogens with one attached hydrogen (secondary N) is 1. The maximum Gasteiger partial charge on any atom is 0.267 e. The highest BCUT2D eigenvalue weighted by Crippen LogP contribution is 2.36. The minimum atomic E-state index is -0.279. The van der Waals surface area contributed by atoms with Gasteiger partial charge in [-0.05, 0) is 65.6 Å². The van der Waals surface area contributed by atoms with E-state index in [4.69, 9.17) is 16.6 Å². The number of hydrazone groups is 1. The minimum Gasteiger partial charge on any atom is -0.272 e. The second-order valence-corrected chi connectivity index (χ2v) is 12.5. The van der Waals surface area contributed by atoms with E-state index in [2.05, 4.69) is 43.4 Å². The highest BCUT2D eigenvalue weighted by molar-refractivity contribution is 7.99. The number of hydrogen-bond acceptors (Lipinski definition) is 6. The number of carbonyl (C=O) groups is 1. The number of nitrogens with zero attached hydrogens (tertiary/aromatic N) is 3. The number of fused-ring (bicyclic) bond motifs is 3. The molecule has 2 heterocycles. The molecular formula is C28H27ClN4O2S2. The lowest BCUT2D eigenvalue weighted by Gasteiger charge is -2.18. The van der Waals surface area contributed by atoms with Gasteiger partial charge in [-0.25, -0.2) is 10.4 Å². The molecule has 37 heavy (non-hydrogen) atoms. The van der Waals surface area contributed by atoms with Crippen molar-refractivity contribution in [3.05, 3.63) is 85.5 Å². The number of hydrogen-bond donors (Lipinski definition) is 1. The van der Waals surface area contributed by atoms with Crippen LogP contribution in [-0.4, -0.2) is 27.4 Å². The minimum absolute atomic E-state index is 0.0664. The lowest BCUT2D eigenvalue weighted by atomic mass is 9.87. The molecule has 0 saturated carbocycles. The fourth-order valence-corrected chi connectivity index (χ4v) is 6.58. The van der Waals surface area contributed by atoms with E-state index in [1.54, 1.807) is 46.4 Å². The first-order chi connectivity index (χ1) is 17.7. The van der Waals surface area contributed by atoms with Gasteiger partial charge < -0.3 is 0 Å². The lowest BCUT2D eigenvalue weighted by molar-refractivity contribution is -0.118. The highest BCUT2D eigenvalue weighted by Gasteiger charge is 2.24. The summed E-state index contributed by atoms with van der Waals surface area (Å²) in [5.74, 6) is -0.213. The van der Waals surface area contributed by atoms with Crippen LogP contribution in [0.15, 0.2) is 63.6 Å². The molecule has 9 heteroatoms. The quantitative estimate of drug-likeness (QED) is 0.136. The van der Waals surface area contributed by atoms with Crippen molar-refractivity contribution < 1.29 is 4.79 Å². The normalized spacial score (nSPS) is 13.4. The number of aryl methyl sites for hydroxylation is 2. The summed E-state index contributed by atoms with van der Waals surface area (Å²) in [6.45, 7) is 6.49. The van der Waals surface area contributed by atoms with Gasteiger partial charge in [0.1, 0.15) is 4.83 Å². The fraction of sp³-hybridized carbons (Fsp3) is 0.286. The van der Waals surface area contributed by atoms with Gasteiger partial charge in [-0.15, -0.1) is 11.3 Å². The Kier molecular flexibility index (Phi) is 7.25. The van der Waals surface area contributed by atoms with Gasteiger partial charge in [0.2, 0.25) is 0 Å². The highest BCUT2D eigenvalue weighted by atomic mass is 35.5. The zero-order valence-electron chi connectivity index (χ0n) is 20.9. The summed E-state index contributed by atoms with van der Waals surface area (Å²) in [5.41, 5.74) is 6.47. The average Bonchev–Trinajstić information content (AvgIpc) is 3.44. The number of thiophene rings is 1. The summed E-state index contributed by atoms with van der Waals surface area (Å²) in [4.78, 5) is 33.0.